The number of hydrazine groups is 3. The van der Waals surface area contributed by atoms with Gasteiger partial charge in [-0.15, -0.1) is 0 Å². The number of nitrogens with zero attached hydrogens (tertiary/aromatic N) is 2. The average Bonchev–Trinajstić information content (AvgIpc) is 3.63. The zero-order valence-corrected chi connectivity index (χ0v) is 28.5. The number of amidine groups is 1. The fourth-order valence-corrected chi connectivity index (χ4v) is 7.01. The summed E-state index contributed by atoms with van der Waals surface area (Å²) in [5.41, 5.74) is 14.2. The summed E-state index contributed by atoms with van der Waals surface area (Å²) in [7, 11) is 0. The first-order valence-corrected chi connectivity index (χ1v) is 16.9. The zero-order valence-electron chi connectivity index (χ0n) is 28.5. The Bertz CT molecular complexity index is 1350. The molecule has 0 radical (unpaired) electrons. The quantitative estimate of drug-likeness (QED) is 0.225. The molecule has 0 bridgehead atoms. The largest absolute Gasteiger partial charge is 0.349 e. The van der Waals surface area contributed by atoms with Gasteiger partial charge in [-0.2, -0.15) is 11.1 Å². The second kappa shape index (κ2) is 14.2. The minimum Gasteiger partial charge on any atom is -0.349 e. The summed E-state index contributed by atoms with van der Waals surface area (Å²) in [5, 5.41) is 6.69. The highest BCUT2D eigenvalue weighted by molar-refractivity contribution is 6.40. The van der Waals surface area contributed by atoms with Gasteiger partial charge >= 0.3 is 0 Å². The number of aliphatic imine (C=N–C) groups is 1. The molecule has 2 aliphatic heterocycles. The summed E-state index contributed by atoms with van der Waals surface area (Å²) < 4.78 is 0. The smallest absolute Gasteiger partial charge is 0.291 e. The molecular formula is C36H54N8O2. The van der Waals surface area contributed by atoms with Gasteiger partial charge in [-0.05, 0) is 85.0 Å². The second-order valence-corrected chi connectivity index (χ2v) is 15.5. The number of carbonyl (C=O) groups excluding carboxylic acids is 2. The molecule has 1 aliphatic carbocycles. The van der Waals surface area contributed by atoms with E-state index in [4.69, 9.17) is 4.99 Å². The van der Waals surface area contributed by atoms with Crippen molar-refractivity contribution in [3.63, 3.8) is 0 Å². The Morgan fingerprint density at radius 1 is 0.978 bits per heavy atom. The van der Waals surface area contributed by atoms with E-state index in [9.17, 15) is 9.59 Å². The van der Waals surface area contributed by atoms with Crippen LogP contribution in [0.4, 0.5) is 0 Å². The molecule has 6 N–H and O–H groups in total. The van der Waals surface area contributed by atoms with Crippen molar-refractivity contribution in [2.24, 2.45) is 21.7 Å². The van der Waals surface area contributed by atoms with E-state index in [1.165, 1.54) is 5.56 Å². The molecule has 0 aromatic heterocycles. The highest BCUT2D eigenvalue weighted by atomic mass is 16.2. The molecule has 2 aromatic carbocycles. The van der Waals surface area contributed by atoms with Crippen molar-refractivity contribution in [2.45, 2.75) is 104 Å². The molecule has 250 valence electrons. The summed E-state index contributed by atoms with van der Waals surface area (Å²) in [5.74, 6) is 0.932. The number of nitrogens with one attached hydrogen (secondary N) is 6. The number of carbonyl (C=O) groups is 2. The lowest BCUT2D eigenvalue weighted by atomic mass is 9.69. The molecule has 10 nitrogen and oxygen atoms in total. The van der Waals surface area contributed by atoms with Gasteiger partial charge in [-0.25, -0.2) is 10.9 Å². The van der Waals surface area contributed by atoms with Crippen molar-refractivity contribution < 1.29 is 9.59 Å². The van der Waals surface area contributed by atoms with Crippen LogP contribution in [0, 0.1) is 16.7 Å². The maximum Gasteiger partial charge on any atom is 0.291 e. The molecule has 0 unspecified atom stereocenters. The van der Waals surface area contributed by atoms with Crippen molar-refractivity contribution in [3.05, 3.63) is 71.3 Å². The molecule has 2 heterocycles. The van der Waals surface area contributed by atoms with Crippen LogP contribution in [-0.2, 0) is 11.2 Å². The number of rotatable bonds is 10. The standard InChI is InChI=1S/C36H54N8O2/c1-34(2,3)20-18-29(26-12-14-27(15-13-26)32(45)38-24-30-40-42-43-41-30)44-33(46)31(37-23-19-25-10-8-7-9-11-25)39-36(44)21-16-28(17-22-36)35(4,5)6/h7-15,28-30,40-43H,16-24H2,1-6H3,(H,37,39)(H,38,45)/t28?,29-,36?/m1/s1. The molecule has 3 aliphatic rings. The van der Waals surface area contributed by atoms with Crippen LogP contribution in [0.1, 0.15) is 108 Å². The lowest BCUT2D eigenvalue weighted by Crippen LogP contribution is -2.56. The Labute approximate surface area is 274 Å². The molecule has 10 heteroatoms. The predicted molar refractivity (Wildman–Crippen MR) is 183 cm³/mol. The van der Waals surface area contributed by atoms with Crippen molar-refractivity contribution >= 4 is 17.6 Å². The Hall–Kier alpha value is -3.31. The van der Waals surface area contributed by atoms with Crippen molar-refractivity contribution in [3.8, 4) is 0 Å². The lowest BCUT2D eigenvalue weighted by molar-refractivity contribution is -0.133. The van der Waals surface area contributed by atoms with Gasteiger partial charge in [0.2, 0.25) is 0 Å². The molecule has 2 amide bonds. The van der Waals surface area contributed by atoms with Crippen molar-refractivity contribution in [2.75, 3.05) is 13.1 Å². The summed E-state index contributed by atoms with van der Waals surface area (Å²) >= 11 is 0. The Kier molecular flexibility index (Phi) is 10.5. The van der Waals surface area contributed by atoms with Gasteiger partial charge in [-0.3, -0.25) is 14.6 Å². The highest BCUT2D eigenvalue weighted by Gasteiger charge is 2.53. The van der Waals surface area contributed by atoms with Gasteiger partial charge in [0.1, 0.15) is 11.8 Å². The van der Waals surface area contributed by atoms with Gasteiger partial charge in [-0.1, -0.05) is 84.0 Å². The molecule has 1 saturated carbocycles. The Morgan fingerprint density at radius 2 is 1.63 bits per heavy atom. The molecule has 5 rings (SSSR count). The second-order valence-electron chi connectivity index (χ2n) is 15.5. The molecule has 3 fully saturated rings. The van der Waals surface area contributed by atoms with Crippen LogP contribution in [0.15, 0.2) is 59.6 Å². The van der Waals surface area contributed by atoms with Crippen LogP contribution in [0.3, 0.4) is 0 Å². The van der Waals surface area contributed by atoms with Crippen LogP contribution in [0.5, 0.6) is 0 Å². The van der Waals surface area contributed by atoms with Gasteiger partial charge in [0.05, 0.1) is 6.04 Å². The summed E-state index contributed by atoms with van der Waals surface area (Å²) in [6, 6.07) is 18.0. The van der Waals surface area contributed by atoms with E-state index in [0.29, 0.717) is 30.4 Å². The number of benzene rings is 2. The number of hydrogen-bond donors (Lipinski definition) is 6. The van der Waals surface area contributed by atoms with E-state index in [1.54, 1.807) is 0 Å². The molecule has 1 atom stereocenters. The first kappa shape index (κ1) is 34.0. The first-order valence-electron chi connectivity index (χ1n) is 16.9. The van der Waals surface area contributed by atoms with Crippen LogP contribution in [0.25, 0.3) is 0 Å². The minimum absolute atomic E-state index is 0.0122. The van der Waals surface area contributed by atoms with E-state index >= 15 is 0 Å². The first-order chi connectivity index (χ1) is 21.8. The van der Waals surface area contributed by atoms with Crippen LogP contribution in [0.2, 0.25) is 0 Å². The normalized spacial score (nSPS) is 24.0. The fourth-order valence-electron chi connectivity index (χ4n) is 7.01. The van der Waals surface area contributed by atoms with E-state index in [1.807, 2.05) is 42.5 Å². The van der Waals surface area contributed by atoms with Crippen molar-refractivity contribution in [1.29, 1.82) is 0 Å². The third kappa shape index (κ3) is 8.34. The molecule has 46 heavy (non-hydrogen) atoms. The zero-order chi connectivity index (χ0) is 33.0. The Balaban J connectivity index is 1.42. The fraction of sp³-hybridized carbons (Fsp3) is 0.583. The van der Waals surface area contributed by atoms with E-state index < -0.39 is 5.66 Å². The third-order valence-electron chi connectivity index (χ3n) is 9.84. The van der Waals surface area contributed by atoms with Gasteiger partial charge < -0.3 is 15.5 Å². The SMILES string of the molecule is CC(C)(C)CC[C@H](c1ccc(C(=O)NCC2NNNN2)cc1)N1C(=O)C(=NCCc2ccccc2)NC12CCC(C(C)(C)C)CC2. The summed E-state index contributed by atoms with van der Waals surface area (Å²) in [4.78, 5) is 34.5. The number of hydrogen-bond acceptors (Lipinski definition) is 7. The topological polar surface area (TPSA) is 122 Å². The molecule has 2 aromatic rings. The predicted octanol–water partition coefficient (Wildman–Crippen LogP) is 4.73. The average molecular weight is 631 g/mol. The number of amides is 2. The lowest BCUT2D eigenvalue weighted by Gasteiger charge is -2.48. The monoisotopic (exact) mass is 630 g/mol. The highest BCUT2D eigenvalue weighted by Crippen LogP contribution is 2.48. The van der Waals surface area contributed by atoms with Crippen LogP contribution >= 0.6 is 0 Å². The molecular weight excluding hydrogens is 576 g/mol. The molecule has 1 spiro atoms. The maximum atomic E-state index is 14.5. The van der Waals surface area contributed by atoms with Gasteiger partial charge in [0.25, 0.3) is 11.8 Å². The van der Waals surface area contributed by atoms with Gasteiger partial charge in [0, 0.05) is 18.7 Å². The van der Waals surface area contributed by atoms with Crippen LogP contribution < -0.4 is 32.6 Å². The molecule has 2 saturated heterocycles. The van der Waals surface area contributed by atoms with E-state index in [0.717, 1.165) is 50.5 Å². The summed E-state index contributed by atoms with van der Waals surface area (Å²) in [6.07, 6.45) is 6.33. The van der Waals surface area contributed by atoms with E-state index in [-0.39, 0.29) is 34.9 Å². The van der Waals surface area contributed by atoms with E-state index in [2.05, 4.69) is 91.1 Å². The summed E-state index contributed by atoms with van der Waals surface area (Å²) in [6.45, 7) is 14.7. The Morgan fingerprint density at radius 3 is 2.24 bits per heavy atom. The maximum absolute atomic E-state index is 14.5. The van der Waals surface area contributed by atoms with Crippen molar-refractivity contribution in [1.82, 2.24) is 37.5 Å². The van der Waals surface area contributed by atoms with Crippen LogP contribution in [-0.4, -0.2) is 47.5 Å². The van der Waals surface area contributed by atoms with Gasteiger partial charge in [0.15, 0.2) is 5.84 Å². The third-order valence-corrected chi connectivity index (χ3v) is 9.84. The minimum atomic E-state index is -0.480.